The van der Waals surface area contributed by atoms with Crippen molar-refractivity contribution >= 4 is 27.5 Å². The summed E-state index contributed by atoms with van der Waals surface area (Å²) in [6, 6.07) is 0. The second-order valence-corrected chi connectivity index (χ2v) is 3.20. The summed E-state index contributed by atoms with van der Waals surface area (Å²) >= 11 is 8.67. The Balaban J connectivity index is 3.23. The number of aromatic nitrogens is 1. The van der Waals surface area contributed by atoms with Crippen LogP contribution in [-0.4, -0.2) is 10.1 Å². The molecule has 0 fully saturated rings. The highest BCUT2D eigenvalue weighted by atomic mass is 79.9. The standard InChI is InChI=1S/C7H5BrClF2NO/c8-1-3-2-12-5(7(10)11)6(13)4(3)9/h2,7,13H,1H2. The monoisotopic (exact) mass is 271 g/mol. The van der Waals surface area contributed by atoms with Crippen LogP contribution in [0.5, 0.6) is 5.75 Å². The first kappa shape index (κ1) is 10.7. The van der Waals surface area contributed by atoms with Crippen molar-refractivity contribution in [1.82, 2.24) is 4.98 Å². The fourth-order valence-electron chi connectivity index (χ4n) is 0.783. The van der Waals surface area contributed by atoms with Crippen LogP contribution in [0, 0.1) is 0 Å². The van der Waals surface area contributed by atoms with Crippen molar-refractivity contribution in [3.8, 4) is 5.75 Å². The summed E-state index contributed by atoms with van der Waals surface area (Å²) in [5.74, 6) is -0.645. The molecule has 0 saturated heterocycles. The van der Waals surface area contributed by atoms with Gasteiger partial charge in [0.2, 0.25) is 0 Å². The van der Waals surface area contributed by atoms with E-state index in [1.54, 1.807) is 0 Å². The summed E-state index contributed by atoms with van der Waals surface area (Å²) in [7, 11) is 0. The highest BCUT2D eigenvalue weighted by Crippen LogP contribution is 2.35. The second kappa shape index (κ2) is 4.19. The molecule has 0 atom stereocenters. The van der Waals surface area contributed by atoms with Gasteiger partial charge in [-0.25, -0.2) is 8.78 Å². The van der Waals surface area contributed by atoms with Crippen LogP contribution in [0.15, 0.2) is 6.20 Å². The average Bonchev–Trinajstić information content (AvgIpc) is 2.09. The molecule has 1 rings (SSSR count). The van der Waals surface area contributed by atoms with Crippen molar-refractivity contribution in [2.75, 3.05) is 0 Å². The summed E-state index contributed by atoms with van der Waals surface area (Å²) in [5.41, 5.74) is -0.210. The van der Waals surface area contributed by atoms with E-state index in [2.05, 4.69) is 20.9 Å². The van der Waals surface area contributed by atoms with Gasteiger partial charge in [0.1, 0.15) is 5.69 Å². The predicted molar refractivity (Wildman–Crippen MR) is 48.5 cm³/mol. The Labute approximate surface area is 86.7 Å². The van der Waals surface area contributed by atoms with Gasteiger partial charge in [0.05, 0.1) is 5.02 Å². The minimum absolute atomic E-state index is 0.0813. The molecule has 0 spiro atoms. The maximum absolute atomic E-state index is 12.2. The lowest BCUT2D eigenvalue weighted by Crippen LogP contribution is -1.94. The Bertz CT molecular complexity index is 322. The predicted octanol–water partition coefficient (Wildman–Crippen LogP) is 3.27. The van der Waals surface area contributed by atoms with Crippen LogP contribution in [0.1, 0.15) is 17.7 Å². The molecule has 6 heteroatoms. The van der Waals surface area contributed by atoms with Crippen LogP contribution < -0.4 is 0 Å². The molecular weight excluding hydrogens is 267 g/mol. The molecule has 0 amide bonds. The molecule has 1 heterocycles. The molecule has 0 aliphatic carbocycles. The van der Waals surface area contributed by atoms with Crippen molar-refractivity contribution in [2.24, 2.45) is 0 Å². The zero-order valence-electron chi connectivity index (χ0n) is 6.27. The zero-order chi connectivity index (χ0) is 10.0. The van der Waals surface area contributed by atoms with Gasteiger partial charge in [-0.1, -0.05) is 27.5 Å². The summed E-state index contributed by atoms with van der Waals surface area (Å²) in [6.07, 6.45) is -1.61. The number of nitrogens with zero attached hydrogens (tertiary/aromatic N) is 1. The van der Waals surface area contributed by atoms with E-state index in [0.29, 0.717) is 10.9 Å². The maximum Gasteiger partial charge on any atom is 0.284 e. The molecular formula is C7H5BrClF2NO. The van der Waals surface area contributed by atoms with Crippen LogP contribution in [-0.2, 0) is 5.33 Å². The first-order valence-electron chi connectivity index (χ1n) is 3.28. The van der Waals surface area contributed by atoms with Gasteiger partial charge < -0.3 is 5.11 Å². The van der Waals surface area contributed by atoms with Gasteiger partial charge >= 0.3 is 0 Å². The fourth-order valence-corrected chi connectivity index (χ4v) is 1.58. The third-order valence-electron chi connectivity index (χ3n) is 1.44. The zero-order valence-corrected chi connectivity index (χ0v) is 8.61. The number of alkyl halides is 3. The van der Waals surface area contributed by atoms with E-state index in [4.69, 9.17) is 11.6 Å². The lowest BCUT2D eigenvalue weighted by molar-refractivity contribution is 0.142. The molecule has 72 valence electrons. The molecule has 0 radical (unpaired) electrons. The summed E-state index contributed by atoms with van der Waals surface area (Å²) < 4.78 is 24.3. The molecule has 1 aromatic heterocycles. The topological polar surface area (TPSA) is 33.1 Å². The molecule has 0 saturated carbocycles. The molecule has 2 nitrogen and oxygen atoms in total. The van der Waals surface area contributed by atoms with Crippen molar-refractivity contribution in [3.05, 3.63) is 22.5 Å². The third kappa shape index (κ3) is 2.08. The molecule has 1 N–H and O–H groups in total. The maximum atomic E-state index is 12.2. The van der Waals surface area contributed by atoms with Crippen LogP contribution in [0.25, 0.3) is 0 Å². The number of rotatable bonds is 2. The van der Waals surface area contributed by atoms with Gasteiger partial charge in [-0.05, 0) is 0 Å². The lowest BCUT2D eigenvalue weighted by atomic mass is 10.2. The second-order valence-electron chi connectivity index (χ2n) is 2.27. The van der Waals surface area contributed by atoms with Gasteiger partial charge in [0.25, 0.3) is 6.43 Å². The Morgan fingerprint density at radius 1 is 1.62 bits per heavy atom. The van der Waals surface area contributed by atoms with Crippen molar-refractivity contribution in [1.29, 1.82) is 0 Å². The quantitative estimate of drug-likeness (QED) is 0.838. The van der Waals surface area contributed by atoms with E-state index in [1.165, 1.54) is 6.20 Å². The van der Waals surface area contributed by atoms with Gasteiger partial charge in [-0.2, -0.15) is 0 Å². The Morgan fingerprint density at radius 2 is 2.23 bits per heavy atom. The van der Waals surface area contributed by atoms with Crippen molar-refractivity contribution < 1.29 is 13.9 Å². The van der Waals surface area contributed by atoms with Crippen LogP contribution in [0.3, 0.4) is 0 Å². The van der Waals surface area contributed by atoms with Crippen LogP contribution in [0.2, 0.25) is 5.02 Å². The summed E-state index contributed by atoms with van der Waals surface area (Å²) in [4.78, 5) is 3.39. The van der Waals surface area contributed by atoms with Crippen LogP contribution in [0.4, 0.5) is 8.78 Å². The Kier molecular flexibility index (Phi) is 3.44. The number of halogens is 4. The van der Waals surface area contributed by atoms with E-state index >= 15 is 0 Å². The highest BCUT2D eigenvalue weighted by molar-refractivity contribution is 9.08. The van der Waals surface area contributed by atoms with Crippen molar-refractivity contribution in [3.63, 3.8) is 0 Å². The Hall–Kier alpha value is -0.420. The van der Waals surface area contributed by atoms with Gasteiger partial charge in [-0.3, -0.25) is 4.98 Å². The molecule has 0 aliphatic heterocycles. The molecule has 0 bridgehead atoms. The molecule has 0 aromatic carbocycles. The first-order valence-corrected chi connectivity index (χ1v) is 4.78. The fraction of sp³-hybridized carbons (Fsp3) is 0.286. The number of aromatic hydroxyl groups is 1. The van der Waals surface area contributed by atoms with E-state index in [0.717, 1.165) is 0 Å². The third-order valence-corrected chi connectivity index (χ3v) is 2.47. The van der Waals surface area contributed by atoms with Crippen LogP contribution >= 0.6 is 27.5 Å². The normalized spacial score (nSPS) is 10.8. The first-order chi connectivity index (χ1) is 6.07. The lowest BCUT2D eigenvalue weighted by Gasteiger charge is -2.06. The smallest absolute Gasteiger partial charge is 0.284 e. The number of hydrogen-bond acceptors (Lipinski definition) is 2. The Morgan fingerprint density at radius 3 is 2.69 bits per heavy atom. The van der Waals surface area contributed by atoms with E-state index in [9.17, 15) is 13.9 Å². The van der Waals surface area contributed by atoms with Gasteiger partial charge in [0.15, 0.2) is 5.75 Å². The van der Waals surface area contributed by atoms with E-state index in [-0.39, 0.29) is 5.02 Å². The molecule has 0 aliphatic rings. The average molecular weight is 272 g/mol. The van der Waals surface area contributed by atoms with E-state index < -0.39 is 17.9 Å². The van der Waals surface area contributed by atoms with Gasteiger partial charge in [-0.15, -0.1) is 0 Å². The van der Waals surface area contributed by atoms with E-state index in [1.807, 2.05) is 0 Å². The summed E-state index contributed by atoms with van der Waals surface area (Å²) in [5, 5.41) is 9.46. The highest BCUT2D eigenvalue weighted by Gasteiger charge is 2.18. The number of pyridine rings is 1. The minimum atomic E-state index is -2.82. The van der Waals surface area contributed by atoms with Crippen molar-refractivity contribution in [2.45, 2.75) is 11.8 Å². The van der Waals surface area contributed by atoms with Gasteiger partial charge in [0, 0.05) is 17.1 Å². The summed E-state index contributed by atoms with van der Waals surface area (Å²) in [6.45, 7) is 0. The molecule has 0 unspecified atom stereocenters. The SMILES string of the molecule is Oc1c(C(F)F)ncc(CBr)c1Cl. The molecule has 1 aromatic rings. The number of hydrogen-bond donors (Lipinski definition) is 1. The largest absolute Gasteiger partial charge is 0.504 e. The minimum Gasteiger partial charge on any atom is -0.504 e. The molecule has 13 heavy (non-hydrogen) atoms.